The SMILES string of the molecule is CN1CCN([C@H]2Cn3cccc3Sc3ccc(Br)cc32)CC1. The number of likely N-dealkylation sites (N-methyl/N-ethyl adjacent to an activating group) is 1. The fourth-order valence-corrected chi connectivity index (χ4v) is 4.81. The van der Waals surface area contributed by atoms with E-state index in [0.717, 1.165) is 32.7 Å². The molecule has 116 valence electrons. The van der Waals surface area contributed by atoms with Gasteiger partial charge >= 0.3 is 0 Å². The molecule has 3 heterocycles. The summed E-state index contributed by atoms with van der Waals surface area (Å²) in [5.74, 6) is 0. The maximum atomic E-state index is 3.66. The van der Waals surface area contributed by atoms with Crippen LogP contribution in [0.5, 0.6) is 0 Å². The van der Waals surface area contributed by atoms with Gasteiger partial charge < -0.3 is 9.47 Å². The van der Waals surface area contributed by atoms with Crippen LogP contribution < -0.4 is 0 Å². The molecular weight excluding hydrogens is 358 g/mol. The summed E-state index contributed by atoms with van der Waals surface area (Å²) in [4.78, 5) is 6.47. The number of aromatic nitrogens is 1. The molecule has 0 N–H and O–H groups in total. The summed E-state index contributed by atoms with van der Waals surface area (Å²) in [5, 5.41) is 1.35. The summed E-state index contributed by atoms with van der Waals surface area (Å²) >= 11 is 5.55. The lowest BCUT2D eigenvalue weighted by Gasteiger charge is -2.38. The third kappa shape index (κ3) is 2.75. The average molecular weight is 378 g/mol. The highest BCUT2D eigenvalue weighted by atomic mass is 79.9. The summed E-state index contributed by atoms with van der Waals surface area (Å²) < 4.78 is 3.58. The number of rotatable bonds is 1. The molecule has 1 aromatic heterocycles. The Balaban J connectivity index is 1.74. The molecular formula is C17H20BrN3S. The largest absolute Gasteiger partial charge is 0.341 e. The standard InChI is InChI=1S/C17H20BrN3S/c1-19-7-9-20(10-8-19)15-12-21-6-2-3-17(21)22-16-5-4-13(18)11-14(15)16/h2-6,11,15H,7-10,12H2,1H3/t15-/m0/s1. The van der Waals surface area contributed by atoms with Gasteiger partial charge in [0.05, 0.1) is 11.1 Å². The third-order valence-electron chi connectivity index (χ3n) is 4.68. The van der Waals surface area contributed by atoms with Gasteiger partial charge in [-0.1, -0.05) is 27.7 Å². The van der Waals surface area contributed by atoms with E-state index in [9.17, 15) is 0 Å². The van der Waals surface area contributed by atoms with Gasteiger partial charge in [0.15, 0.2) is 0 Å². The van der Waals surface area contributed by atoms with Crippen molar-refractivity contribution in [1.29, 1.82) is 0 Å². The Morgan fingerprint density at radius 2 is 1.95 bits per heavy atom. The number of piperazine rings is 1. The van der Waals surface area contributed by atoms with Crippen LogP contribution in [0.25, 0.3) is 0 Å². The summed E-state index contributed by atoms with van der Waals surface area (Å²) in [6, 6.07) is 11.6. The van der Waals surface area contributed by atoms with Gasteiger partial charge in [0.25, 0.3) is 0 Å². The van der Waals surface area contributed by atoms with Gasteiger partial charge in [0, 0.05) is 48.3 Å². The van der Waals surface area contributed by atoms with Crippen molar-refractivity contribution < 1.29 is 0 Å². The molecule has 0 unspecified atom stereocenters. The number of hydrogen-bond donors (Lipinski definition) is 0. The average Bonchev–Trinajstić information content (AvgIpc) is 2.89. The highest BCUT2D eigenvalue weighted by Crippen LogP contribution is 2.41. The molecule has 2 aliphatic heterocycles. The van der Waals surface area contributed by atoms with Crippen LogP contribution in [0.1, 0.15) is 11.6 Å². The number of nitrogens with zero attached hydrogens (tertiary/aromatic N) is 3. The monoisotopic (exact) mass is 377 g/mol. The second-order valence-electron chi connectivity index (χ2n) is 6.14. The molecule has 2 aliphatic rings. The summed E-state index contributed by atoms with van der Waals surface area (Å²) in [5.41, 5.74) is 1.47. The van der Waals surface area contributed by atoms with Crippen LogP contribution in [0.15, 0.2) is 50.9 Å². The van der Waals surface area contributed by atoms with E-state index in [4.69, 9.17) is 0 Å². The van der Waals surface area contributed by atoms with Crippen LogP contribution >= 0.6 is 27.7 Å². The van der Waals surface area contributed by atoms with Crippen molar-refractivity contribution in [2.24, 2.45) is 0 Å². The molecule has 0 aliphatic carbocycles. The van der Waals surface area contributed by atoms with E-state index in [1.54, 1.807) is 0 Å². The summed E-state index contributed by atoms with van der Waals surface area (Å²) in [7, 11) is 2.22. The van der Waals surface area contributed by atoms with Gasteiger partial charge in [0.2, 0.25) is 0 Å². The van der Waals surface area contributed by atoms with E-state index in [2.05, 4.69) is 73.9 Å². The molecule has 2 aromatic rings. The quantitative estimate of drug-likeness (QED) is 0.750. The molecule has 0 radical (unpaired) electrons. The molecule has 0 saturated carbocycles. The van der Waals surface area contributed by atoms with Crippen LogP contribution in [0.3, 0.4) is 0 Å². The van der Waals surface area contributed by atoms with Gasteiger partial charge in [-0.25, -0.2) is 0 Å². The minimum atomic E-state index is 0.461. The van der Waals surface area contributed by atoms with E-state index in [0.29, 0.717) is 6.04 Å². The maximum absolute atomic E-state index is 3.66. The van der Waals surface area contributed by atoms with Crippen molar-refractivity contribution in [1.82, 2.24) is 14.4 Å². The van der Waals surface area contributed by atoms with Crippen LogP contribution in [0, 0.1) is 0 Å². The van der Waals surface area contributed by atoms with E-state index in [1.165, 1.54) is 20.0 Å². The minimum absolute atomic E-state index is 0.461. The molecule has 22 heavy (non-hydrogen) atoms. The zero-order valence-electron chi connectivity index (χ0n) is 12.7. The van der Waals surface area contributed by atoms with Crippen molar-refractivity contribution in [2.75, 3.05) is 33.2 Å². The van der Waals surface area contributed by atoms with Gasteiger partial charge in [-0.15, -0.1) is 0 Å². The predicted octanol–water partition coefficient (Wildman–Crippen LogP) is 3.70. The zero-order valence-corrected chi connectivity index (χ0v) is 15.1. The van der Waals surface area contributed by atoms with Gasteiger partial charge in [-0.05, 0) is 42.9 Å². The Hall–Kier alpha value is -0.750. The lowest BCUT2D eigenvalue weighted by atomic mass is 10.0. The summed E-state index contributed by atoms with van der Waals surface area (Å²) in [6.07, 6.45) is 2.21. The van der Waals surface area contributed by atoms with Crippen molar-refractivity contribution in [3.8, 4) is 0 Å². The third-order valence-corrected chi connectivity index (χ3v) is 6.35. The fraction of sp³-hybridized carbons (Fsp3) is 0.412. The summed E-state index contributed by atoms with van der Waals surface area (Å²) in [6.45, 7) is 5.66. The first-order valence-electron chi connectivity index (χ1n) is 7.76. The first kappa shape index (κ1) is 14.8. The zero-order chi connectivity index (χ0) is 15.1. The van der Waals surface area contributed by atoms with Gasteiger partial charge in [0.1, 0.15) is 0 Å². The Bertz CT molecular complexity index is 676. The van der Waals surface area contributed by atoms with E-state index in [-0.39, 0.29) is 0 Å². The highest BCUT2D eigenvalue weighted by Gasteiger charge is 2.29. The molecule has 1 atom stereocenters. The van der Waals surface area contributed by atoms with E-state index in [1.807, 2.05) is 11.8 Å². The van der Waals surface area contributed by atoms with Gasteiger partial charge in [-0.3, -0.25) is 4.90 Å². The number of halogens is 1. The smallest absolute Gasteiger partial charge is 0.0797 e. The van der Waals surface area contributed by atoms with Crippen molar-refractivity contribution >= 4 is 27.7 Å². The molecule has 0 spiro atoms. The van der Waals surface area contributed by atoms with Crippen LogP contribution in [0.2, 0.25) is 0 Å². The first-order valence-corrected chi connectivity index (χ1v) is 9.37. The molecule has 1 fully saturated rings. The Labute approximate surface area is 144 Å². The molecule has 1 saturated heterocycles. The molecule has 0 amide bonds. The Kier molecular flexibility index (Phi) is 4.07. The molecule has 0 bridgehead atoms. The second kappa shape index (κ2) is 6.04. The van der Waals surface area contributed by atoms with Crippen molar-refractivity contribution in [3.63, 3.8) is 0 Å². The maximum Gasteiger partial charge on any atom is 0.0797 e. The fourth-order valence-electron chi connectivity index (χ4n) is 3.36. The van der Waals surface area contributed by atoms with E-state index < -0.39 is 0 Å². The van der Waals surface area contributed by atoms with E-state index >= 15 is 0 Å². The highest BCUT2D eigenvalue weighted by molar-refractivity contribution is 9.10. The Morgan fingerprint density at radius 3 is 2.77 bits per heavy atom. The van der Waals surface area contributed by atoms with Crippen LogP contribution in [-0.2, 0) is 6.54 Å². The molecule has 5 heteroatoms. The number of benzene rings is 1. The first-order chi connectivity index (χ1) is 10.7. The topological polar surface area (TPSA) is 11.4 Å². The Morgan fingerprint density at radius 1 is 1.14 bits per heavy atom. The lowest BCUT2D eigenvalue weighted by Crippen LogP contribution is -2.46. The number of fused-ring (bicyclic) bond motifs is 2. The van der Waals surface area contributed by atoms with Crippen LogP contribution in [-0.4, -0.2) is 47.6 Å². The minimum Gasteiger partial charge on any atom is -0.341 e. The van der Waals surface area contributed by atoms with Crippen LogP contribution in [0.4, 0.5) is 0 Å². The molecule has 1 aromatic carbocycles. The van der Waals surface area contributed by atoms with Crippen molar-refractivity contribution in [2.45, 2.75) is 22.5 Å². The number of hydrogen-bond acceptors (Lipinski definition) is 3. The molecule has 4 rings (SSSR count). The second-order valence-corrected chi connectivity index (χ2v) is 8.12. The van der Waals surface area contributed by atoms with Crippen molar-refractivity contribution in [3.05, 3.63) is 46.6 Å². The lowest BCUT2D eigenvalue weighted by molar-refractivity contribution is 0.100. The predicted molar refractivity (Wildman–Crippen MR) is 94.5 cm³/mol. The normalized spacial score (nSPS) is 22.9. The molecule has 3 nitrogen and oxygen atoms in total. The van der Waals surface area contributed by atoms with Gasteiger partial charge in [-0.2, -0.15) is 0 Å².